The standard InChI is InChI=1S/C11H19NO8/c1-4(10(16)17)19-9-7(12-5(2)14)11(18)20-6(3-13)8(9)15/h4,6-9,11,13,15,18H,3H2,1-2H3,(H,12,14)(H,16,17)/t4-,6+,7+,8+,9+,11-/m0/s1. The first-order chi connectivity index (χ1) is 9.27. The van der Waals surface area contributed by atoms with Gasteiger partial charge in [0.15, 0.2) is 12.4 Å². The molecule has 1 saturated heterocycles. The van der Waals surface area contributed by atoms with E-state index < -0.39 is 55.2 Å². The largest absolute Gasteiger partial charge is 0.479 e. The van der Waals surface area contributed by atoms with E-state index in [1.165, 1.54) is 13.8 Å². The Hall–Kier alpha value is -1.26. The number of carboxylic acids is 1. The van der Waals surface area contributed by atoms with Crippen LogP contribution in [0.2, 0.25) is 0 Å². The second kappa shape index (κ2) is 6.95. The summed E-state index contributed by atoms with van der Waals surface area (Å²) in [4.78, 5) is 21.9. The molecule has 6 atom stereocenters. The van der Waals surface area contributed by atoms with Crippen molar-refractivity contribution in [2.45, 2.75) is 50.6 Å². The van der Waals surface area contributed by atoms with Gasteiger partial charge in [0.2, 0.25) is 5.91 Å². The van der Waals surface area contributed by atoms with Gasteiger partial charge in [0.1, 0.15) is 24.4 Å². The third-order valence-corrected chi connectivity index (χ3v) is 2.95. The number of aliphatic carboxylic acids is 1. The molecule has 0 aromatic heterocycles. The zero-order valence-electron chi connectivity index (χ0n) is 11.1. The van der Waals surface area contributed by atoms with Crippen molar-refractivity contribution in [2.75, 3.05) is 6.61 Å². The van der Waals surface area contributed by atoms with Crippen LogP contribution in [-0.2, 0) is 19.1 Å². The Morgan fingerprint density at radius 1 is 1.40 bits per heavy atom. The van der Waals surface area contributed by atoms with E-state index in [4.69, 9.17) is 19.7 Å². The average Bonchev–Trinajstić information content (AvgIpc) is 2.36. The normalized spacial score (nSPS) is 35.4. The number of rotatable bonds is 5. The molecule has 1 rings (SSSR count). The van der Waals surface area contributed by atoms with Crippen LogP contribution in [0.1, 0.15) is 13.8 Å². The van der Waals surface area contributed by atoms with Crippen LogP contribution in [0.3, 0.4) is 0 Å². The van der Waals surface area contributed by atoms with Crippen LogP contribution in [0.15, 0.2) is 0 Å². The Bertz CT molecular complexity index is 362. The third kappa shape index (κ3) is 3.87. The fourth-order valence-corrected chi connectivity index (χ4v) is 1.93. The molecule has 0 radical (unpaired) electrons. The minimum Gasteiger partial charge on any atom is -0.479 e. The lowest BCUT2D eigenvalue weighted by atomic mass is 9.96. The lowest BCUT2D eigenvalue weighted by Gasteiger charge is -2.42. The van der Waals surface area contributed by atoms with E-state index in [1.54, 1.807) is 0 Å². The number of hydrogen-bond donors (Lipinski definition) is 5. The van der Waals surface area contributed by atoms with Crippen LogP contribution >= 0.6 is 0 Å². The zero-order valence-corrected chi connectivity index (χ0v) is 11.1. The SMILES string of the molecule is CC(=O)N[C@@H]1[C@@H](O[C@@H](C)C(=O)O)[C@H](O)[C@@H](CO)O[C@@H]1O. The summed E-state index contributed by atoms with van der Waals surface area (Å²) in [6, 6.07) is -1.15. The van der Waals surface area contributed by atoms with Crippen LogP contribution in [0, 0.1) is 0 Å². The molecule has 9 heteroatoms. The van der Waals surface area contributed by atoms with Gasteiger partial charge in [-0.1, -0.05) is 0 Å². The number of hydrogen-bond acceptors (Lipinski definition) is 7. The van der Waals surface area contributed by atoms with Crippen LogP contribution in [-0.4, -0.2) is 75.7 Å². The molecule has 0 aromatic rings. The maximum absolute atomic E-state index is 11.1. The van der Waals surface area contributed by atoms with E-state index in [1.807, 2.05) is 0 Å². The molecule has 0 unspecified atom stereocenters. The molecule has 116 valence electrons. The molecule has 9 nitrogen and oxygen atoms in total. The van der Waals surface area contributed by atoms with Crippen LogP contribution < -0.4 is 5.32 Å². The highest BCUT2D eigenvalue weighted by atomic mass is 16.6. The van der Waals surface area contributed by atoms with Gasteiger partial charge < -0.3 is 35.2 Å². The predicted molar refractivity (Wildman–Crippen MR) is 63.5 cm³/mol. The first-order valence-electron chi connectivity index (χ1n) is 6.05. The monoisotopic (exact) mass is 293 g/mol. The van der Waals surface area contributed by atoms with E-state index in [9.17, 15) is 19.8 Å². The van der Waals surface area contributed by atoms with Gasteiger partial charge in [-0.05, 0) is 6.92 Å². The summed E-state index contributed by atoms with van der Waals surface area (Å²) in [6.45, 7) is 1.84. The van der Waals surface area contributed by atoms with Crippen molar-refractivity contribution in [3.63, 3.8) is 0 Å². The maximum Gasteiger partial charge on any atom is 0.332 e. The van der Waals surface area contributed by atoms with Crippen molar-refractivity contribution in [3.8, 4) is 0 Å². The van der Waals surface area contributed by atoms with Crippen molar-refractivity contribution in [1.29, 1.82) is 0 Å². The third-order valence-electron chi connectivity index (χ3n) is 2.95. The molecule has 0 aromatic carbocycles. The van der Waals surface area contributed by atoms with E-state index in [2.05, 4.69) is 5.32 Å². The molecule has 0 aliphatic carbocycles. The molecule has 1 heterocycles. The van der Waals surface area contributed by atoms with Gasteiger partial charge in [-0.15, -0.1) is 0 Å². The molecule has 0 saturated carbocycles. The summed E-state index contributed by atoms with van der Waals surface area (Å²) in [5.41, 5.74) is 0. The van der Waals surface area contributed by atoms with Gasteiger partial charge in [0, 0.05) is 6.92 Å². The Morgan fingerprint density at radius 2 is 2.00 bits per heavy atom. The quantitative estimate of drug-likeness (QED) is 0.371. The maximum atomic E-state index is 11.1. The van der Waals surface area contributed by atoms with Crippen LogP contribution in [0.25, 0.3) is 0 Å². The zero-order chi connectivity index (χ0) is 15.4. The summed E-state index contributed by atoms with van der Waals surface area (Å²) < 4.78 is 10.1. The predicted octanol–water partition coefficient (Wildman–Crippen LogP) is -2.58. The first-order valence-corrected chi connectivity index (χ1v) is 6.05. The van der Waals surface area contributed by atoms with Crippen molar-refractivity contribution < 1.29 is 39.5 Å². The Morgan fingerprint density at radius 3 is 2.45 bits per heavy atom. The number of amides is 1. The topological polar surface area (TPSA) is 146 Å². The van der Waals surface area contributed by atoms with Gasteiger partial charge in [0.05, 0.1) is 6.61 Å². The average molecular weight is 293 g/mol. The number of carbonyl (C=O) groups is 2. The number of carbonyl (C=O) groups excluding carboxylic acids is 1. The fourth-order valence-electron chi connectivity index (χ4n) is 1.93. The summed E-state index contributed by atoms with van der Waals surface area (Å²) in [5, 5.41) is 40.0. The van der Waals surface area contributed by atoms with Gasteiger partial charge >= 0.3 is 5.97 Å². The molecule has 5 N–H and O–H groups in total. The van der Waals surface area contributed by atoms with Gasteiger partial charge in [-0.2, -0.15) is 0 Å². The van der Waals surface area contributed by atoms with E-state index in [-0.39, 0.29) is 0 Å². The van der Waals surface area contributed by atoms with E-state index in [0.717, 1.165) is 0 Å². The van der Waals surface area contributed by atoms with Crippen molar-refractivity contribution in [3.05, 3.63) is 0 Å². The number of ether oxygens (including phenoxy) is 2. The molecule has 1 amide bonds. The summed E-state index contributed by atoms with van der Waals surface area (Å²) in [6.07, 6.45) is -6.57. The van der Waals surface area contributed by atoms with Crippen LogP contribution in [0.4, 0.5) is 0 Å². The van der Waals surface area contributed by atoms with Gasteiger partial charge in [0.25, 0.3) is 0 Å². The molecule has 1 aliphatic rings. The number of aliphatic hydroxyl groups is 3. The lowest BCUT2D eigenvalue weighted by molar-refractivity contribution is -0.267. The van der Waals surface area contributed by atoms with Crippen molar-refractivity contribution >= 4 is 11.9 Å². The number of nitrogens with one attached hydrogen (secondary N) is 1. The fraction of sp³-hybridized carbons (Fsp3) is 0.818. The summed E-state index contributed by atoms with van der Waals surface area (Å²) in [7, 11) is 0. The molecule has 20 heavy (non-hydrogen) atoms. The smallest absolute Gasteiger partial charge is 0.332 e. The second-order valence-electron chi connectivity index (χ2n) is 4.55. The Labute approximate surface area is 115 Å². The molecular formula is C11H19NO8. The summed E-state index contributed by atoms with van der Waals surface area (Å²) in [5.74, 6) is -1.77. The van der Waals surface area contributed by atoms with Crippen molar-refractivity contribution in [2.24, 2.45) is 0 Å². The molecular weight excluding hydrogens is 274 g/mol. The lowest BCUT2D eigenvalue weighted by Crippen LogP contribution is -2.65. The minimum absolute atomic E-state index is 0.510. The highest BCUT2D eigenvalue weighted by Gasteiger charge is 2.46. The van der Waals surface area contributed by atoms with Gasteiger partial charge in [-0.25, -0.2) is 4.79 Å². The highest BCUT2D eigenvalue weighted by molar-refractivity contribution is 5.73. The van der Waals surface area contributed by atoms with E-state index in [0.29, 0.717) is 0 Å². The minimum atomic E-state index is -1.54. The summed E-state index contributed by atoms with van der Waals surface area (Å²) >= 11 is 0. The highest BCUT2D eigenvalue weighted by Crippen LogP contribution is 2.23. The number of carboxylic acid groups (broad SMARTS) is 1. The van der Waals surface area contributed by atoms with Crippen LogP contribution in [0.5, 0.6) is 0 Å². The molecule has 1 fully saturated rings. The first kappa shape index (κ1) is 16.8. The molecule has 1 aliphatic heterocycles. The van der Waals surface area contributed by atoms with Gasteiger partial charge in [-0.3, -0.25) is 4.79 Å². The second-order valence-corrected chi connectivity index (χ2v) is 4.55. The Kier molecular flexibility index (Phi) is 5.84. The Balaban J connectivity index is 2.92. The molecule has 0 bridgehead atoms. The molecule has 0 spiro atoms. The van der Waals surface area contributed by atoms with E-state index >= 15 is 0 Å². The van der Waals surface area contributed by atoms with Crippen molar-refractivity contribution in [1.82, 2.24) is 5.32 Å². The number of aliphatic hydroxyl groups excluding tert-OH is 3.